The largest absolute Gasteiger partial charge is 0.469 e. The molecule has 1 amide bonds. The normalized spacial score (nSPS) is 24.6. The Kier molecular flexibility index (Phi) is 4.62. The summed E-state index contributed by atoms with van der Waals surface area (Å²) in [6.45, 7) is 4.22. The summed E-state index contributed by atoms with van der Waals surface area (Å²) in [5, 5.41) is 0. The van der Waals surface area contributed by atoms with Crippen molar-refractivity contribution >= 4 is 34.7 Å². The lowest BCUT2D eigenvalue weighted by atomic mass is 9.83. The molecule has 0 saturated carbocycles. The summed E-state index contributed by atoms with van der Waals surface area (Å²) in [6, 6.07) is -0.192. The van der Waals surface area contributed by atoms with Crippen molar-refractivity contribution < 1.29 is 19.1 Å². The zero-order valence-electron chi connectivity index (χ0n) is 10.5. The van der Waals surface area contributed by atoms with Gasteiger partial charge in [0.05, 0.1) is 25.7 Å². The smallest absolute Gasteiger partial charge is 0.409 e. The fourth-order valence-electron chi connectivity index (χ4n) is 2.30. The molecule has 6 heteroatoms. The molecule has 1 aliphatic heterocycles. The molecule has 0 aromatic rings. The highest BCUT2D eigenvalue weighted by molar-refractivity contribution is 14.1. The molecular weight excluding hydrogens is 337 g/mol. The number of ether oxygens (including phenoxy) is 2. The number of alkyl halides is 1. The van der Waals surface area contributed by atoms with E-state index in [2.05, 4.69) is 22.6 Å². The van der Waals surface area contributed by atoms with E-state index < -0.39 is 5.41 Å². The van der Waals surface area contributed by atoms with Crippen LogP contribution in [0.15, 0.2) is 0 Å². The topological polar surface area (TPSA) is 55.8 Å². The summed E-state index contributed by atoms with van der Waals surface area (Å²) >= 11 is 2.28. The molecule has 98 valence electrons. The number of likely N-dealkylation sites (tertiary alicyclic amines) is 1. The minimum absolute atomic E-state index is 0.192. The minimum Gasteiger partial charge on any atom is -0.469 e. The average molecular weight is 355 g/mol. The summed E-state index contributed by atoms with van der Waals surface area (Å²) < 4.78 is 9.79. The molecule has 1 rings (SSSR count). The molecule has 0 spiro atoms. The number of methoxy groups -OCH3 is 2. The van der Waals surface area contributed by atoms with Gasteiger partial charge in [-0.15, -0.1) is 0 Å². The van der Waals surface area contributed by atoms with Crippen molar-refractivity contribution in [3.63, 3.8) is 0 Å². The van der Waals surface area contributed by atoms with Crippen LogP contribution in [0.25, 0.3) is 0 Å². The number of rotatable bonds is 2. The van der Waals surface area contributed by atoms with Crippen LogP contribution < -0.4 is 0 Å². The molecule has 0 aliphatic carbocycles. The van der Waals surface area contributed by atoms with Crippen LogP contribution in [0.1, 0.15) is 20.3 Å². The first kappa shape index (κ1) is 14.5. The number of esters is 1. The molecule has 1 heterocycles. The molecule has 0 aromatic heterocycles. The Morgan fingerprint density at radius 2 is 1.88 bits per heavy atom. The maximum atomic E-state index is 11.8. The van der Waals surface area contributed by atoms with Gasteiger partial charge in [0.15, 0.2) is 0 Å². The van der Waals surface area contributed by atoms with Crippen molar-refractivity contribution in [2.24, 2.45) is 5.41 Å². The van der Waals surface area contributed by atoms with Crippen LogP contribution in [0, 0.1) is 5.41 Å². The Labute approximate surface area is 115 Å². The highest BCUT2D eigenvalue weighted by Crippen LogP contribution is 2.38. The number of amides is 1. The van der Waals surface area contributed by atoms with Gasteiger partial charge in [-0.25, -0.2) is 4.79 Å². The molecule has 1 fully saturated rings. The van der Waals surface area contributed by atoms with Crippen LogP contribution in [-0.2, 0) is 14.3 Å². The number of halogens is 1. The first-order chi connectivity index (χ1) is 7.86. The van der Waals surface area contributed by atoms with Gasteiger partial charge in [-0.3, -0.25) is 4.79 Å². The second-order valence-corrected chi connectivity index (χ2v) is 6.23. The highest BCUT2D eigenvalue weighted by atomic mass is 127. The number of carbonyl (C=O) groups excluding carboxylic acids is 2. The zero-order valence-corrected chi connectivity index (χ0v) is 12.7. The summed E-state index contributed by atoms with van der Waals surface area (Å²) in [5.41, 5.74) is -0.731. The van der Waals surface area contributed by atoms with Gasteiger partial charge in [0, 0.05) is 10.5 Å². The van der Waals surface area contributed by atoms with Crippen LogP contribution >= 0.6 is 22.6 Å². The third-order valence-corrected chi connectivity index (χ3v) is 4.49. The minimum atomic E-state index is -0.731. The molecule has 0 radical (unpaired) electrons. The van der Waals surface area contributed by atoms with Gasteiger partial charge in [-0.05, 0) is 20.3 Å². The Hall–Kier alpha value is -0.530. The van der Waals surface area contributed by atoms with Crippen LogP contribution in [0.2, 0.25) is 0 Å². The van der Waals surface area contributed by atoms with E-state index in [4.69, 9.17) is 9.47 Å². The van der Waals surface area contributed by atoms with Gasteiger partial charge >= 0.3 is 12.1 Å². The van der Waals surface area contributed by atoms with Crippen LogP contribution in [0.5, 0.6) is 0 Å². The van der Waals surface area contributed by atoms with E-state index in [-0.39, 0.29) is 22.0 Å². The second-order valence-electron chi connectivity index (χ2n) is 4.63. The van der Waals surface area contributed by atoms with Crippen LogP contribution in [0.4, 0.5) is 4.79 Å². The maximum Gasteiger partial charge on any atom is 0.409 e. The quantitative estimate of drug-likeness (QED) is 0.431. The van der Waals surface area contributed by atoms with Crippen LogP contribution in [-0.4, -0.2) is 47.7 Å². The third kappa shape index (κ3) is 2.66. The fraction of sp³-hybridized carbons (Fsp3) is 0.818. The van der Waals surface area contributed by atoms with E-state index in [1.807, 2.05) is 0 Å². The lowest BCUT2D eigenvalue weighted by Crippen LogP contribution is -2.51. The van der Waals surface area contributed by atoms with E-state index >= 15 is 0 Å². The van der Waals surface area contributed by atoms with Gasteiger partial charge in [-0.1, -0.05) is 22.6 Å². The van der Waals surface area contributed by atoms with E-state index in [9.17, 15) is 9.59 Å². The molecular formula is C11H18INO4. The molecule has 0 bridgehead atoms. The highest BCUT2D eigenvalue weighted by Gasteiger charge is 2.49. The molecule has 0 aromatic carbocycles. The van der Waals surface area contributed by atoms with Gasteiger partial charge in [-0.2, -0.15) is 0 Å². The Morgan fingerprint density at radius 3 is 2.35 bits per heavy atom. The molecule has 1 saturated heterocycles. The first-order valence-corrected chi connectivity index (χ1v) is 6.68. The molecule has 1 aliphatic rings. The fourth-order valence-corrected chi connectivity index (χ4v) is 3.87. The maximum absolute atomic E-state index is 11.8. The summed E-state index contributed by atoms with van der Waals surface area (Å²) in [7, 11) is 2.72. The van der Waals surface area contributed by atoms with Crippen molar-refractivity contribution in [2.75, 3.05) is 20.8 Å². The van der Waals surface area contributed by atoms with Crippen molar-refractivity contribution in [2.45, 2.75) is 30.2 Å². The molecule has 5 nitrogen and oxygen atoms in total. The predicted octanol–water partition coefficient (Wildman–Crippen LogP) is 1.83. The lowest BCUT2D eigenvalue weighted by Gasteiger charge is -2.36. The van der Waals surface area contributed by atoms with E-state index in [1.165, 1.54) is 14.2 Å². The first-order valence-electron chi connectivity index (χ1n) is 5.43. The molecule has 17 heavy (non-hydrogen) atoms. The Balaban J connectivity index is 2.99. The molecule has 0 N–H and O–H groups in total. The van der Waals surface area contributed by atoms with E-state index in [1.54, 1.807) is 18.7 Å². The number of hydrogen-bond donors (Lipinski definition) is 0. The number of carbonyl (C=O) groups is 2. The summed E-state index contributed by atoms with van der Waals surface area (Å²) in [4.78, 5) is 25.1. The van der Waals surface area contributed by atoms with Crippen molar-refractivity contribution in [1.29, 1.82) is 0 Å². The predicted molar refractivity (Wildman–Crippen MR) is 71.1 cm³/mol. The SMILES string of the molecule is COC(=O)N1CC[C@@H](I)[C@@H]1C(C)(C)C(=O)OC. The van der Waals surface area contributed by atoms with E-state index in [0.29, 0.717) is 6.54 Å². The third-order valence-electron chi connectivity index (χ3n) is 3.18. The van der Waals surface area contributed by atoms with Gasteiger partial charge < -0.3 is 14.4 Å². The monoisotopic (exact) mass is 355 g/mol. The Bertz CT molecular complexity index is 319. The Morgan fingerprint density at radius 1 is 1.29 bits per heavy atom. The average Bonchev–Trinajstić information content (AvgIpc) is 2.69. The molecule has 2 atom stereocenters. The zero-order chi connectivity index (χ0) is 13.2. The van der Waals surface area contributed by atoms with Crippen molar-refractivity contribution in [3.8, 4) is 0 Å². The lowest BCUT2D eigenvalue weighted by molar-refractivity contribution is -0.153. The summed E-state index contributed by atoms with van der Waals surface area (Å²) in [5.74, 6) is -0.306. The second kappa shape index (κ2) is 5.41. The molecule has 0 unspecified atom stereocenters. The van der Waals surface area contributed by atoms with E-state index in [0.717, 1.165) is 6.42 Å². The van der Waals surface area contributed by atoms with Crippen molar-refractivity contribution in [1.82, 2.24) is 4.90 Å². The number of nitrogens with zero attached hydrogens (tertiary/aromatic N) is 1. The standard InChI is InChI=1S/C11H18INO4/c1-11(2,9(14)16-3)8-7(12)5-6-13(8)10(15)17-4/h7-8H,5-6H2,1-4H3/t7-,8-/m1/s1. The van der Waals surface area contributed by atoms with Crippen molar-refractivity contribution in [3.05, 3.63) is 0 Å². The van der Waals surface area contributed by atoms with Gasteiger partial charge in [0.1, 0.15) is 0 Å². The number of hydrogen-bond acceptors (Lipinski definition) is 4. The summed E-state index contributed by atoms with van der Waals surface area (Å²) in [6.07, 6.45) is 0.479. The van der Waals surface area contributed by atoms with Crippen LogP contribution in [0.3, 0.4) is 0 Å². The van der Waals surface area contributed by atoms with Gasteiger partial charge in [0.2, 0.25) is 0 Å². The van der Waals surface area contributed by atoms with Gasteiger partial charge in [0.25, 0.3) is 0 Å².